The molecule has 30 valence electrons. The molecule has 3 nitrogen and oxygen atoms in total. The van der Waals surface area contributed by atoms with E-state index in [2.05, 4.69) is 0 Å². The van der Waals surface area contributed by atoms with Gasteiger partial charge in [0.15, 0.2) is 0 Å². The second-order valence-corrected chi connectivity index (χ2v) is 0. The topological polar surface area (TPSA) is 85.5 Å². The van der Waals surface area contributed by atoms with Crippen LogP contribution in [0, 0.1) is 38.6 Å². The third-order valence-corrected chi connectivity index (χ3v) is 0. The maximum absolute atomic E-state index is 0. The Morgan fingerprint density at radius 1 is 0.600 bits per heavy atom. The van der Waals surface area contributed by atoms with Crippen LogP contribution in [-0.2, 0) is 16.4 Å². The van der Waals surface area contributed by atoms with Gasteiger partial charge in [-0.25, -0.2) is 0 Å². The van der Waals surface area contributed by atoms with E-state index in [1.54, 1.807) is 0 Å². The molecule has 0 fully saturated rings. The summed E-state index contributed by atoms with van der Waals surface area (Å²) in [6.07, 6.45) is 0. The van der Waals surface area contributed by atoms with Crippen molar-refractivity contribution >= 4 is 25.8 Å². The van der Waals surface area contributed by atoms with E-state index >= 15 is 0 Å². The summed E-state index contributed by atoms with van der Waals surface area (Å²) in [6, 6.07) is 0. The summed E-state index contributed by atoms with van der Waals surface area (Å²) in [4.78, 5) is 0. The van der Waals surface area contributed by atoms with Crippen molar-refractivity contribution in [2.24, 2.45) is 0 Å². The fourth-order valence-corrected chi connectivity index (χ4v) is 0. The van der Waals surface area contributed by atoms with Gasteiger partial charge in [-0.05, 0) is 0 Å². The first kappa shape index (κ1) is 61.8. The average molecular weight is 322 g/mol. The van der Waals surface area contributed by atoms with Crippen LogP contribution in [0.5, 0.6) is 0 Å². The molecule has 0 saturated heterocycles. The Labute approximate surface area is 79.7 Å². The van der Waals surface area contributed by atoms with E-state index in [0.29, 0.717) is 0 Å². The van der Waals surface area contributed by atoms with Gasteiger partial charge >= 0.3 is 64.5 Å². The van der Waals surface area contributed by atoms with Crippen LogP contribution in [0.2, 0.25) is 0 Å². The van der Waals surface area contributed by atoms with Crippen molar-refractivity contribution in [1.29, 1.82) is 0 Å². The van der Waals surface area contributed by atoms with E-state index < -0.39 is 0 Å². The van der Waals surface area contributed by atoms with Gasteiger partial charge in [-0.15, -0.1) is 0 Å². The molecule has 0 aliphatic rings. The van der Waals surface area contributed by atoms with Gasteiger partial charge in [0.2, 0.25) is 0 Å². The van der Waals surface area contributed by atoms with Gasteiger partial charge in [-0.2, -0.15) is 0 Å². The second kappa shape index (κ2) is 36.9. The molecule has 5 heteroatoms. The monoisotopic (exact) mass is 322 g/mol. The van der Waals surface area contributed by atoms with Crippen LogP contribution in [0.25, 0.3) is 0 Å². The van der Waals surface area contributed by atoms with Crippen molar-refractivity contribution < 1.29 is 55.0 Å². The molecule has 0 aromatic carbocycles. The maximum atomic E-state index is 0. The summed E-state index contributed by atoms with van der Waals surface area (Å²) in [5.41, 5.74) is 0. The molecule has 0 aliphatic heterocycles. The molecule has 0 aromatic rings. The first-order valence-corrected chi connectivity index (χ1v) is 0. The van der Waals surface area contributed by atoms with Crippen molar-refractivity contribution in [3.05, 3.63) is 0 Å². The Hall–Kier alpha value is 2.04. The zero-order valence-electron chi connectivity index (χ0n) is 2.14. The van der Waals surface area contributed by atoms with Crippen molar-refractivity contribution in [2.45, 2.75) is 0 Å². The van der Waals surface area contributed by atoms with Gasteiger partial charge < -0.3 is 16.4 Å². The predicted molar refractivity (Wildman–Crippen MR) is 7.81 cm³/mol. The van der Waals surface area contributed by atoms with Gasteiger partial charge in [0.25, 0.3) is 0 Å². The molecular formula is InO3Tb. The third kappa shape index (κ3) is 23.7. The van der Waals surface area contributed by atoms with Crippen LogP contribution in [0.4, 0.5) is 0 Å². The summed E-state index contributed by atoms with van der Waals surface area (Å²) < 4.78 is 0. The summed E-state index contributed by atoms with van der Waals surface area (Å²) in [5, 5.41) is 0. The zero-order valence-corrected chi connectivity index (χ0v) is 7.57. The molecule has 0 spiro atoms. The minimum atomic E-state index is 0. The quantitative estimate of drug-likeness (QED) is 0.563. The van der Waals surface area contributed by atoms with Gasteiger partial charge in [-0.1, -0.05) is 0 Å². The van der Waals surface area contributed by atoms with Crippen LogP contribution in [0.1, 0.15) is 0 Å². The number of hydrogen-bond donors (Lipinski definition) is 0. The van der Waals surface area contributed by atoms with Crippen molar-refractivity contribution in [1.82, 2.24) is 0 Å². The summed E-state index contributed by atoms with van der Waals surface area (Å²) in [7, 11) is 0. The summed E-state index contributed by atoms with van der Waals surface area (Å²) in [5.74, 6) is 0. The number of rotatable bonds is 0. The van der Waals surface area contributed by atoms with E-state index in [4.69, 9.17) is 0 Å². The minimum absolute atomic E-state index is 0. The molecule has 0 radical (unpaired) electrons. The Kier molecular flexibility index (Phi) is 457. The van der Waals surface area contributed by atoms with E-state index in [1.165, 1.54) is 0 Å². The standard InChI is InChI=1S/In.3O.Tb/q+3;3*-2;+3. The van der Waals surface area contributed by atoms with Crippen LogP contribution in [0.3, 0.4) is 0 Å². The molecule has 0 rings (SSSR count). The SMILES string of the molecule is [In+3].[O-2].[O-2].[O-2].[Tb+3]. The molecule has 0 unspecified atom stereocenters. The normalized spacial score (nSPS) is 0. The third-order valence-electron chi connectivity index (χ3n) is 0. The molecule has 0 atom stereocenters. The molecule has 5 heavy (non-hydrogen) atoms. The predicted octanol–water partition coefficient (Wildman–Crippen LogP) is -0.737. The zero-order chi connectivity index (χ0) is 0. The van der Waals surface area contributed by atoms with Gasteiger partial charge in [0.1, 0.15) is 0 Å². The van der Waals surface area contributed by atoms with E-state index in [-0.39, 0.29) is 80.9 Å². The number of hydrogen-bond acceptors (Lipinski definition) is 0. The molecular weight excluding hydrogens is 322 g/mol. The van der Waals surface area contributed by atoms with Gasteiger partial charge in [-0.3, -0.25) is 0 Å². The average Bonchev–Trinajstić information content (AvgIpc) is 0. The molecule has 0 bridgehead atoms. The minimum Gasteiger partial charge on any atom is -2.00 e. The first-order valence-electron chi connectivity index (χ1n) is 0. The van der Waals surface area contributed by atoms with Crippen LogP contribution < -0.4 is 0 Å². The molecule has 0 aliphatic carbocycles. The largest absolute Gasteiger partial charge is 3.00 e. The summed E-state index contributed by atoms with van der Waals surface area (Å²) >= 11 is 0. The van der Waals surface area contributed by atoms with Crippen LogP contribution in [-0.4, -0.2) is 25.8 Å². The Morgan fingerprint density at radius 3 is 0.600 bits per heavy atom. The Bertz CT molecular complexity index is 6.85. The van der Waals surface area contributed by atoms with Crippen molar-refractivity contribution in [3.8, 4) is 0 Å². The maximum Gasteiger partial charge on any atom is 3.00 e. The van der Waals surface area contributed by atoms with Crippen molar-refractivity contribution in [3.63, 3.8) is 0 Å². The molecule has 0 saturated carbocycles. The van der Waals surface area contributed by atoms with Gasteiger partial charge in [0, 0.05) is 0 Å². The fourth-order valence-electron chi connectivity index (χ4n) is 0. The molecule has 0 aromatic heterocycles. The van der Waals surface area contributed by atoms with E-state index in [1.807, 2.05) is 0 Å². The fraction of sp³-hybridized carbons (Fsp3) is 0. The Balaban J connectivity index is 0. The van der Waals surface area contributed by atoms with Gasteiger partial charge in [0.05, 0.1) is 0 Å². The smallest absolute Gasteiger partial charge is 2.00 e. The molecule has 0 N–H and O–H groups in total. The van der Waals surface area contributed by atoms with Crippen molar-refractivity contribution in [2.75, 3.05) is 0 Å². The van der Waals surface area contributed by atoms with E-state index in [0.717, 1.165) is 0 Å². The molecule has 0 amide bonds. The Morgan fingerprint density at radius 2 is 0.600 bits per heavy atom. The molecule has 0 heterocycles. The van der Waals surface area contributed by atoms with E-state index in [9.17, 15) is 0 Å². The van der Waals surface area contributed by atoms with Crippen LogP contribution in [0.15, 0.2) is 0 Å². The summed E-state index contributed by atoms with van der Waals surface area (Å²) in [6.45, 7) is 0. The van der Waals surface area contributed by atoms with Crippen LogP contribution >= 0.6 is 0 Å². The first-order chi connectivity index (χ1) is 0. The second-order valence-electron chi connectivity index (χ2n) is 0.